The van der Waals surface area contributed by atoms with Crippen molar-refractivity contribution in [3.63, 3.8) is 0 Å². The van der Waals surface area contributed by atoms with Crippen LogP contribution in [0, 0.1) is 0 Å². The lowest BCUT2D eigenvalue weighted by Crippen LogP contribution is -2.40. The quantitative estimate of drug-likeness (QED) is 0.783. The Kier molecular flexibility index (Phi) is 5.82. The SMILES string of the molecule is COC(=O)N1CCc2cc(OC)c(OC)cc2C1c1ccc(OC)c(OC)c1. The highest BCUT2D eigenvalue weighted by atomic mass is 16.5. The van der Waals surface area contributed by atoms with Crippen LogP contribution in [-0.4, -0.2) is 53.1 Å². The number of hydrogen-bond acceptors (Lipinski definition) is 6. The zero-order chi connectivity index (χ0) is 20.3. The van der Waals surface area contributed by atoms with Crippen LogP contribution in [0.15, 0.2) is 30.3 Å². The Bertz CT molecular complexity index is 866. The van der Waals surface area contributed by atoms with Gasteiger partial charge in [0.05, 0.1) is 41.6 Å². The molecule has 0 aromatic heterocycles. The van der Waals surface area contributed by atoms with Crippen molar-refractivity contribution in [2.75, 3.05) is 42.1 Å². The minimum Gasteiger partial charge on any atom is -0.493 e. The van der Waals surface area contributed by atoms with Crippen molar-refractivity contribution < 1.29 is 28.5 Å². The molecule has 1 aliphatic heterocycles. The van der Waals surface area contributed by atoms with Crippen LogP contribution in [0.5, 0.6) is 23.0 Å². The first-order valence-corrected chi connectivity index (χ1v) is 8.89. The number of ether oxygens (including phenoxy) is 5. The van der Waals surface area contributed by atoms with E-state index in [1.165, 1.54) is 7.11 Å². The van der Waals surface area contributed by atoms with Gasteiger partial charge in [0, 0.05) is 6.54 Å². The Morgan fingerprint density at radius 1 is 0.857 bits per heavy atom. The number of carbonyl (C=O) groups is 1. The van der Waals surface area contributed by atoms with E-state index < -0.39 is 0 Å². The maximum Gasteiger partial charge on any atom is 0.410 e. The van der Waals surface area contributed by atoms with E-state index in [4.69, 9.17) is 23.7 Å². The Balaban J connectivity index is 2.18. The first-order valence-electron chi connectivity index (χ1n) is 8.89. The van der Waals surface area contributed by atoms with Crippen molar-refractivity contribution in [1.82, 2.24) is 4.90 Å². The van der Waals surface area contributed by atoms with Gasteiger partial charge in [-0.2, -0.15) is 0 Å². The van der Waals surface area contributed by atoms with Gasteiger partial charge < -0.3 is 23.7 Å². The summed E-state index contributed by atoms with van der Waals surface area (Å²) >= 11 is 0. The number of methoxy groups -OCH3 is 5. The fourth-order valence-electron chi connectivity index (χ4n) is 3.64. The molecule has 1 heterocycles. The van der Waals surface area contributed by atoms with Gasteiger partial charge in [0.25, 0.3) is 0 Å². The lowest BCUT2D eigenvalue weighted by molar-refractivity contribution is 0.109. The van der Waals surface area contributed by atoms with E-state index >= 15 is 0 Å². The summed E-state index contributed by atoms with van der Waals surface area (Å²) in [6.45, 7) is 0.522. The molecule has 0 bridgehead atoms. The highest BCUT2D eigenvalue weighted by Gasteiger charge is 2.34. The molecule has 1 amide bonds. The monoisotopic (exact) mass is 387 g/mol. The van der Waals surface area contributed by atoms with E-state index in [9.17, 15) is 4.79 Å². The minimum absolute atomic E-state index is 0.351. The Morgan fingerprint density at radius 2 is 1.46 bits per heavy atom. The molecule has 0 fully saturated rings. The van der Waals surface area contributed by atoms with Gasteiger partial charge in [0.15, 0.2) is 23.0 Å². The summed E-state index contributed by atoms with van der Waals surface area (Å²) in [5.74, 6) is 2.49. The van der Waals surface area contributed by atoms with E-state index in [1.807, 2.05) is 30.3 Å². The summed E-state index contributed by atoms with van der Waals surface area (Å²) < 4.78 is 26.8. The third-order valence-electron chi connectivity index (χ3n) is 5.01. The lowest BCUT2D eigenvalue weighted by atomic mass is 9.87. The second-order valence-electron chi connectivity index (χ2n) is 6.34. The largest absolute Gasteiger partial charge is 0.493 e. The van der Waals surface area contributed by atoms with Gasteiger partial charge in [0.2, 0.25) is 0 Å². The van der Waals surface area contributed by atoms with Crippen LogP contribution < -0.4 is 18.9 Å². The third-order valence-corrected chi connectivity index (χ3v) is 5.01. The van der Waals surface area contributed by atoms with Crippen LogP contribution in [0.2, 0.25) is 0 Å². The summed E-state index contributed by atoms with van der Waals surface area (Å²) in [7, 11) is 7.77. The molecule has 0 radical (unpaired) electrons. The standard InChI is InChI=1S/C21H25NO6/c1-24-16-7-6-14(11-17(16)25-2)20-15-12-19(27-4)18(26-3)10-13(15)8-9-22(20)21(23)28-5/h6-7,10-12,20H,8-9H2,1-5H3. The fraction of sp³-hybridized carbons (Fsp3) is 0.381. The summed E-state index contributed by atoms with van der Waals surface area (Å²) in [5.41, 5.74) is 2.94. The average molecular weight is 387 g/mol. The van der Waals surface area contributed by atoms with E-state index in [1.54, 1.807) is 33.3 Å². The predicted octanol–water partition coefficient (Wildman–Crippen LogP) is 3.43. The molecule has 0 spiro atoms. The third kappa shape index (κ3) is 3.40. The smallest absolute Gasteiger partial charge is 0.410 e. The highest BCUT2D eigenvalue weighted by Crippen LogP contribution is 2.42. The van der Waals surface area contributed by atoms with Gasteiger partial charge in [-0.05, 0) is 47.4 Å². The molecule has 7 heteroatoms. The molecule has 150 valence electrons. The normalized spacial score (nSPS) is 15.5. The zero-order valence-corrected chi connectivity index (χ0v) is 16.8. The van der Waals surface area contributed by atoms with Crippen molar-refractivity contribution in [1.29, 1.82) is 0 Å². The zero-order valence-electron chi connectivity index (χ0n) is 16.8. The molecular weight excluding hydrogens is 362 g/mol. The number of rotatable bonds is 5. The number of carbonyl (C=O) groups excluding carboxylic acids is 1. The topological polar surface area (TPSA) is 66.5 Å². The van der Waals surface area contributed by atoms with Crippen LogP contribution in [0.1, 0.15) is 22.7 Å². The van der Waals surface area contributed by atoms with Gasteiger partial charge >= 0.3 is 6.09 Å². The van der Waals surface area contributed by atoms with Crippen LogP contribution in [-0.2, 0) is 11.2 Å². The predicted molar refractivity (Wildman–Crippen MR) is 104 cm³/mol. The average Bonchev–Trinajstić information content (AvgIpc) is 2.75. The van der Waals surface area contributed by atoms with Gasteiger partial charge in [-0.3, -0.25) is 4.90 Å². The molecule has 0 saturated heterocycles. The summed E-state index contributed by atoms with van der Waals surface area (Å²) in [6, 6.07) is 9.18. The lowest BCUT2D eigenvalue weighted by Gasteiger charge is -2.37. The Hall–Kier alpha value is -3.09. The molecule has 0 N–H and O–H groups in total. The first kappa shape index (κ1) is 19.7. The number of hydrogen-bond donors (Lipinski definition) is 0. The van der Waals surface area contributed by atoms with Crippen molar-refractivity contribution >= 4 is 6.09 Å². The molecule has 0 aliphatic carbocycles. The molecule has 7 nitrogen and oxygen atoms in total. The maximum atomic E-state index is 12.5. The molecule has 3 rings (SSSR count). The molecule has 1 atom stereocenters. The highest BCUT2D eigenvalue weighted by molar-refractivity contribution is 5.70. The van der Waals surface area contributed by atoms with Gasteiger partial charge in [-0.15, -0.1) is 0 Å². The van der Waals surface area contributed by atoms with Crippen molar-refractivity contribution in [2.24, 2.45) is 0 Å². The molecule has 1 aliphatic rings. The van der Waals surface area contributed by atoms with Crippen LogP contribution >= 0.6 is 0 Å². The van der Waals surface area contributed by atoms with E-state index in [-0.39, 0.29) is 12.1 Å². The van der Waals surface area contributed by atoms with E-state index in [0.717, 1.165) is 16.7 Å². The van der Waals surface area contributed by atoms with Crippen molar-refractivity contribution in [2.45, 2.75) is 12.5 Å². The summed E-state index contributed by atoms with van der Waals surface area (Å²) in [4.78, 5) is 14.2. The minimum atomic E-state index is -0.389. The van der Waals surface area contributed by atoms with E-state index in [2.05, 4.69) is 0 Å². The van der Waals surface area contributed by atoms with Crippen LogP contribution in [0.4, 0.5) is 4.79 Å². The van der Waals surface area contributed by atoms with Gasteiger partial charge in [-0.25, -0.2) is 4.79 Å². The Morgan fingerprint density at radius 3 is 2.07 bits per heavy atom. The first-order chi connectivity index (χ1) is 13.6. The number of benzene rings is 2. The summed E-state index contributed by atoms with van der Waals surface area (Å²) in [5, 5.41) is 0. The van der Waals surface area contributed by atoms with Crippen molar-refractivity contribution in [3.05, 3.63) is 47.0 Å². The van der Waals surface area contributed by atoms with Crippen molar-refractivity contribution in [3.8, 4) is 23.0 Å². The maximum absolute atomic E-state index is 12.5. The van der Waals surface area contributed by atoms with Crippen LogP contribution in [0.25, 0.3) is 0 Å². The number of fused-ring (bicyclic) bond motifs is 1. The molecule has 0 saturated carbocycles. The molecule has 2 aromatic rings. The van der Waals surface area contributed by atoms with E-state index in [0.29, 0.717) is 36.0 Å². The second kappa shape index (κ2) is 8.29. The number of nitrogens with zero attached hydrogens (tertiary/aromatic N) is 1. The second-order valence-corrected chi connectivity index (χ2v) is 6.34. The number of amides is 1. The molecule has 2 aromatic carbocycles. The summed E-state index contributed by atoms with van der Waals surface area (Å²) in [6.07, 6.45) is 0.300. The Labute approximate surface area is 164 Å². The van der Waals surface area contributed by atoms with Crippen LogP contribution in [0.3, 0.4) is 0 Å². The molecule has 28 heavy (non-hydrogen) atoms. The molecule has 1 unspecified atom stereocenters. The fourth-order valence-corrected chi connectivity index (χ4v) is 3.64. The molecular formula is C21H25NO6. The van der Waals surface area contributed by atoms with Gasteiger partial charge in [0.1, 0.15) is 0 Å². The van der Waals surface area contributed by atoms with Gasteiger partial charge in [-0.1, -0.05) is 6.07 Å².